The summed E-state index contributed by atoms with van der Waals surface area (Å²) in [5.74, 6) is -0.227. The number of nitrogens with zero attached hydrogens (tertiary/aromatic N) is 2. The standard InChI is InChI=1S/C19H15BrCl2N2O3S2/c20-12-3-6-15(14(22)8-12)24-16-9-29(26,27)10-17(16)28-19(24)23-18(25)7-11-1-4-13(21)5-2-11/h1-6,8,16-17H,7,9-10H2/t16-,17-/m1/s1. The fraction of sp³-hybridized carbons (Fsp3) is 0.263. The van der Waals surface area contributed by atoms with Crippen molar-refractivity contribution in [1.82, 2.24) is 0 Å². The van der Waals surface area contributed by atoms with Gasteiger partial charge in [0.1, 0.15) is 0 Å². The molecule has 0 aromatic heterocycles. The normalized spacial score (nSPS) is 24.1. The van der Waals surface area contributed by atoms with Crippen molar-refractivity contribution in [3.63, 3.8) is 0 Å². The summed E-state index contributed by atoms with van der Waals surface area (Å²) >= 11 is 17.0. The number of carbonyl (C=O) groups is 1. The summed E-state index contributed by atoms with van der Waals surface area (Å²) in [6.07, 6.45) is 0.136. The van der Waals surface area contributed by atoms with Gasteiger partial charge in [0, 0.05) is 14.7 Å². The average molecular weight is 534 g/mol. The predicted octanol–water partition coefficient (Wildman–Crippen LogP) is 4.60. The molecular weight excluding hydrogens is 519 g/mol. The first-order valence-corrected chi connectivity index (χ1v) is 12.9. The number of aliphatic imine (C=N–C) groups is 1. The Bertz CT molecular complexity index is 1110. The fourth-order valence-corrected chi connectivity index (χ4v) is 8.26. The molecule has 2 saturated heterocycles. The molecule has 2 aromatic carbocycles. The lowest BCUT2D eigenvalue weighted by Gasteiger charge is -2.25. The number of fused-ring (bicyclic) bond motifs is 1. The Kier molecular flexibility index (Phi) is 6.01. The van der Waals surface area contributed by atoms with Crippen LogP contribution in [0.2, 0.25) is 10.0 Å². The highest BCUT2D eigenvalue weighted by Gasteiger charge is 2.49. The molecule has 0 spiro atoms. The summed E-state index contributed by atoms with van der Waals surface area (Å²) in [6.45, 7) is 0. The minimum atomic E-state index is -3.14. The van der Waals surface area contributed by atoms with Crippen molar-refractivity contribution < 1.29 is 13.2 Å². The number of hydrogen-bond donors (Lipinski definition) is 0. The van der Waals surface area contributed by atoms with Gasteiger partial charge in [-0.15, -0.1) is 0 Å². The van der Waals surface area contributed by atoms with Gasteiger partial charge in [-0.25, -0.2) is 8.42 Å². The van der Waals surface area contributed by atoms with E-state index in [0.29, 0.717) is 20.9 Å². The highest BCUT2D eigenvalue weighted by molar-refractivity contribution is 9.10. The van der Waals surface area contributed by atoms with E-state index in [2.05, 4.69) is 20.9 Å². The summed E-state index contributed by atoms with van der Waals surface area (Å²) in [6, 6.07) is 12.1. The van der Waals surface area contributed by atoms with Gasteiger partial charge < -0.3 is 4.90 Å². The number of carbonyl (C=O) groups excluding carboxylic acids is 1. The molecule has 0 radical (unpaired) electrons. The predicted molar refractivity (Wildman–Crippen MR) is 123 cm³/mol. The van der Waals surface area contributed by atoms with E-state index < -0.39 is 9.84 Å². The van der Waals surface area contributed by atoms with Gasteiger partial charge in [0.05, 0.1) is 34.7 Å². The third kappa shape index (κ3) is 4.66. The van der Waals surface area contributed by atoms with E-state index in [1.165, 1.54) is 11.8 Å². The largest absolute Gasteiger partial charge is 0.314 e. The van der Waals surface area contributed by atoms with Gasteiger partial charge in [-0.1, -0.05) is 63.0 Å². The first kappa shape index (κ1) is 21.2. The van der Waals surface area contributed by atoms with Crippen LogP contribution in [0.4, 0.5) is 5.69 Å². The molecule has 0 saturated carbocycles. The van der Waals surface area contributed by atoms with Crippen LogP contribution in [0.15, 0.2) is 51.9 Å². The molecule has 2 aromatic rings. The summed E-state index contributed by atoms with van der Waals surface area (Å²) in [5, 5.41) is 1.37. The average Bonchev–Trinajstić information content (AvgIpc) is 3.08. The van der Waals surface area contributed by atoms with Gasteiger partial charge in [-0.05, 0) is 35.9 Å². The second-order valence-corrected chi connectivity index (χ2v) is 12.0. The summed E-state index contributed by atoms with van der Waals surface area (Å²) in [5.41, 5.74) is 1.45. The molecule has 2 aliphatic heterocycles. The van der Waals surface area contributed by atoms with Crippen molar-refractivity contribution in [2.75, 3.05) is 16.4 Å². The van der Waals surface area contributed by atoms with Crippen LogP contribution in [-0.2, 0) is 21.1 Å². The summed E-state index contributed by atoms with van der Waals surface area (Å²) < 4.78 is 25.1. The molecule has 152 valence electrons. The second-order valence-electron chi connectivity index (χ2n) is 6.86. The number of benzene rings is 2. The molecular formula is C19H15BrCl2N2O3S2. The molecule has 0 unspecified atom stereocenters. The SMILES string of the molecule is O=C(Cc1ccc(Cl)cc1)N=C1S[C@@H]2CS(=O)(=O)C[C@H]2N1c1ccc(Br)cc1Cl. The van der Waals surface area contributed by atoms with E-state index in [4.69, 9.17) is 23.2 Å². The molecule has 4 rings (SSSR count). The van der Waals surface area contributed by atoms with Crippen molar-refractivity contribution in [1.29, 1.82) is 0 Å². The molecule has 2 aliphatic rings. The van der Waals surface area contributed by atoms with E-state index in [1.807, 2.05) is 6.07 Å². The maximum absolute atomic E-state index is 12.6. The first-order chi connectivity index (χ1) is 13.7. The maximum Gasteiger partial charge on any atom is 0.252 e. The molecule has 5 nitrogen and oxygen atoms in total. The van der Waals surface area contributed by atoms with Crippen molar-refractivity contribution in [3.05, 3.63) is 62.5 Å². The summed E-state index contributed by atoms with van der Waals surface area (Å²) in [7, 11) is -3.14. The van der Waals surface area contributed by atoms with Gasteiger partial charge in [0.15, 0.2) is 15.0 Å². The van der Waals surface area contributed by atoms with Crippen molar-refractivity contribution in [2.24, 2.45) is 4.99 Å². The molecule has 29 heavy (non-hydrogen) atoms. The number of thioether (sulfide) groups is 1. The Morgan fingerprint density at radius 1 is 1.17 bits per heavy atom. The topological polar surface area (TPSA) is 66.8 Å². The van der Waals surface area contributed by atoms with Crippen LogP contribution in [0.3, 0.4) is 0 Å². The number of amidine groups is 1. The van der Waals surface area contributed by atoms with E-state index >= 15 is 0 Å². The number of anilines is 1. The van der Waals surface area contributed by atoms with Crippen molar-refractivity contribution in [2.45, 2.75) is 17.7 Å². The zero-order valence-electron chi connectivity index (χ0n) is 14.9. The highest BCUT2D eigenvalue weighted by Crippen LogP contribution is 2.43. The van der Waals surface area contributed by atoms with Gasteiger partial charge in [0.25, 0.3) is 5.91 Å². The number of sulfone groups is 1. The van der Waals surface area contributed by atoms with Gasteiger partial charge in [-0.2, -0.15) is 4.99 Å². The number of hydrogen-bond acceptors (Lipinski definition) is 4. The molecule has 10 heteroatoms. The van der Waals surface area contributed by atoms with Crippen LogP contribution in [0, 0.1) is 0 Å². The Balaban J connectivity index is 1.66. The van der Waals surface area contributed by atoms with E-state index in [1.54, 1.807) is 41.3 Å². The number of halogens is 3. The fourth-order valence-electron chi connectivity index (χ4n) is 3.45. The lowest BCUT2D eigenvalue weighted by molar-refractivity contribution is -0.117. The van der Waals surface area contributed by atoms with Crippen molar-refractivity contribution in [3.8, 4) is 0 Å². The molecule has 1 amide bonds. The van der Waals surface area contributed by atoms with Gasteiger partial charge >= 0.3 is 0 Å². The Hall–Kier alpha value is -1.06. The van der Waals surface area contributed by atoms with Crippen LogP contribution < -0.4 is 4.90 Å². The van der Waals surface area contributed by atoms with Crippen LogP contribution >= 0.6 is 50.9 Å². The Morgan fingerprint density at radius 3 is 2.59 bits per heavy atom. The zero-order chi connectivity index (χ0) is 20.8. The third-order valence-electron chi connectivity index (χ3n) is 4.72. The van der Waals surface area contributed by atoms with Gasteiger partial charge in [0.2, 0.25) is 0 Å². The third-order valence-corrected chi connectivity index (χ3v) is 8.98. The summed E-state index contributed by atoms with van der Waals surface area (Å²) in [4.78, 5) is 18.7. The lowest BCUT2D eigenvalue weighted by Crippen LogP contribution is -2.38. The molecule has 0 bridgehead atoms. The van der Waals surface area contributed by atoms with Crippen LogP contribution in [0.5, 0.6) is 0 Å². The zero-order valence-corrected chi connectivity index (χ0v) is 19.6. The molecule has 2 fully saturated rings. The Morgan fingerprint density at radius 2 is 1.90 bits per heavy atom. The van der Waals surface area contributed by atoms with Crippen molar-refractivity contribution >= 4 is 77.5 Å². The first-order valence-electron chi connectivity index (χ1n) is 8.69. The highest BCUT2D eigenvalue weighted by atomic mass is 79.9. The monoisotopic (exact) mass is 532 g/mol. The molecule has 0 aliphatic carbocycles. The molecule has 2 heterocycles. The quantitative estimate of drug-likeness (QED) is 0.576. The lowest BCUT2D eigenvalue weighted by atomic mass is 10.1. The second kappa shape index (κ2) is 8.23. The minimum Gasteiger partial charge on any atom is -0.314 e. The van der Waals surface area contributed by atoms with Crippen LogP contribution in [0.1, 0.15) is 5.56 Å². The van der Waals surface area contributed by atoms with Crippen LogP contribution in [-0.4, -0.2) is 42.3 Å². The molecule has 2 atom stereocenters. The maximum atomic E-state index is 12.6. The van der Waals surface area contributed by atoms with E-state index in [-0.39, 0.29) is 35.1 Å². The van der Waals surface area contributed by atoms with Gasteiger partial charge in [-0.3, -0.25) is 4.79 Å². The smallest absolute Gasteiger partial charge is 0.252 e. The number of rotatable bonds is 3. The number of amides is 1. The molecule has 0 N–H and O–H groups in total. The van der Waals surface area contributed by atoms with E-state index in [9.17, 15) is 13.2 Å². The Labute approximate surface area is 191 Å². The van der Waals surface area contributed by atoms with E-state index in [0.717, 1.165) is 10.0 Å². The minimum absolute atomic E-state index is 0.0153. The van der Waals surface area contributed by atoms with Crippen LogP contribution in [0.25, 0.3) is 0 Å².